The highest BCUT2D eigenvalue weighted by atomic mass is 32.1. The average molecular weight is 304 g/mol. The van der Waals surface area contributed by atoms with Crippen LogP contribution in [0, 0.1) is 11.7 Å². The fourth-order valence-electron chi connectivity index (χ4n) is 2.17. The molecule has 2 N–H and O–H groups in total. The number of carbonyl (C=O) groups excluding carboxylic acids is 1. The highest BCUT2D eigenvalue weighted by Crippen LogP contribution is 2.28. The van der Waals surface area contributed by atoms with Gasteiger partial charge < -0.3 is 10.6 Å². The van der Waals surface area contributed by atoms with Crippen molar-refractivity contribution in [2.75, 3.05) is 6.54 Å². The summed E-state index contributed by atoms with van der Waals surface area (Å²) in [5.41, 5.74) is 0.875. The number of hydrogen-bond acceptors (Lipinski definition) is 2. The van der Waals surface area contributed by atoms with Gasteiger partial charge in [0.1, 0.15) is 5.82 Å². The van der Waals surface area contributed by atoms with Gasteiger partial charge in [0.2, 0.25) is 0 Å². The summed E-state index contributed by atoms with van der Waals surface area (Å²) >= 11 is 1.57. The van der Waals surface area contributed by atoms with Crippen LogP contribution in [0.4, 0.5) is 9.18 Å². The lowest BCUT2D eigenvalue weighted by Gasteiger charge is -2.18. The summed E-state index contributed by atoms with van der Waals surface area (Å²) in [5.74, 6) is 0.364. The molecule has 3 rings (SSSR count). The molecule has 110 valence electrons. The molecule has 1 fully saturated rings. The third-order valence-corrected chi connectivity index (χ3v) is 4.49. The van der Waals surface area contributed by atoms with Crippen LogP contribution in [0.25, 0.3) is 0 Å². The molecule has 1 aliphatic carbocycles. The molecule has 1 aromatic heterocycles. The Bertz CT molecular complexity index is 593. The van der Waals surface area contributed by atoms with Gasteiger partial charge in [0.25, 0.3) is 0 Å². The minimum atomic E-state index is -0.276. The molecule has 0 aliphatic heterocycles. The first-order chi connectivity index (χ1) is 10.2. The van der Waals surface area contributed by atoms with E-state index in [0.717, 1.165) is 17.0 Å². The maximum Gasteiger partial charge on any atom is 0.315 e. The Morgan fingerprint density at radius 2 is 2.05 bits per heavy atom. The van der Waals surface area contributed by atoms with E-state index in [1.165, 1.54) is 25.0 Å². The molecule has 1 aliphatic rings. The average Bonchev–Trinajstić information content (AvgIpc) is 3.16. The molecule has 0 saturated heterocycles. The number of carbonyl (C=O) groups is 1. The van der Waals surface area contributed by atoms with Crippen LogP contribution in [0.3, 0.4) is 0 Å². The second kappa shape index (κ2) is 6.26. The number of thiophene rings is 1. The van der Waals surface area contributed by atoms with Crippen molar-refractivity contribution in [3.8, 4) is 0 Å². The number of halogens is 1. The van der Waals surface area contributed by atoms with Crippen molar-refractivity contribution in [3.05, 3.63) is 58.0 Å². The predicted octanol–water partition coefficient (Wildman–Crippen LogP) is 3.69. The number of rotatable bonds is 5. The zero-order valence-corrected chi connectivity index (χ0v) is 12.3. The van der Waals surface area contributed by atoms with Gasteiger partial charge in [0, 0.05) is 11.4 Å². The van der Waals surface area contributed by atoms with Gasteiger partial charge >= 0.3 is 6.03 Å². The number of urea groups is 1. The van der Waals surface area contributed by atoms with Crippen LogP contribution in [0.15, 0.2) is 41.8 Å². The minimum Gasteiger partial charge on any atom is -0.338 e. The lowest BCUT2D eigenvalue weighted by molar-refractivity contribution is 0.238. The zero-order chi connectivity index (χ0) is 14.7. The molecule has 1 saturated carbocycles. The standard InChI is InChI=1S/C16H17FN2OS/c17-13-7-5-12(6-8-13)15(14-2-1-9-21-14)19-16(20)18-10-11-3-4-11/h1-2,5-9,11,15H,3-4,10H2,(H2,18,19,20). The van der Waals surface area contributed by atoms with Crippen LogP contribution in [0.2, 0.25) is 0 Å². The summed E-state index contributed by atoms with van der Waals surface area (Å²) in [5, 5.41) is 7.84. The lowest BCUT2D eigenvalue weighted by Crippen LogP contribution is -2.39. The van der Waals surface area contributed by atoms with Gasteiger partial charge in [0.15, 0.2) is 0 Å². The number of amides is 2. The molecule has 1 atom stereocenters. The highest BCUT2D eigenvalue weighted by Gasteiger charge is 2.23. The topological polar surface area (TPSA) is 41.1 Å². The van der Waals surface area contributed by atoms with Gasteiger partial charge in [0.05, 0.1) is 6.04 Å². The van der Waals surface area contributed by atoms with Gasteiger partial charge in [-0.3, -0.25) is 0 Å². The van der Waals surface area contributed by atoms with E-state index in [2.05, 4.69) is 10.6 Å². The summed E-state index contributed by atoms with van der Waals surface area (Å²) in [6.07, 6.45) is 2.40. The summed E-state index contributed by atoms with van der Waals surface area (Å²) in [6.45, 7) is 0.729. The number of hydrogen-bond donors (Lipinski definition) is 2. The molecule has 21 heavy (non-hydrogen) atoms. The molecule has 2 amide bonds. The minimum absolute atomic E-state index is 0.176. The van der Waals surface area contributed by atoms with E-state index in [1.54, 1.807) is 23.5 Å². The van der Waals surface area contributed by atoms with Gasteiger partial charge in [-0.25, -0.2) is 9.18 Å². The first kappa shape index (κ1) is 14.1. The second-order valence-corrected chi connectivity index (χ2v) is 6.28. The first-order valence-corrected chi connectivity index (χ1v) is 7.93. The SMILES string of the molecule is O=C(NCC1CC1)NC(c1ccc(F)cc1)c1cccs1. The summed E-state index contributed by atoms with van der Waals surface area (Å²) in [7, 11) is 0. The third kappa shape index (κ3) is 3.82. The summed E-state index contributed by atoms with van der Waals surface area (Å²) in [6, 6.07) is 9.75. The summed E-state index contributed by atoms with van der Waals surface area (Å²) in [4.78, 5) is 13.1. The first-order valence-electron chi connectivity index (χ1n) is 7.05. The lowest BCUT2D eigenvalue weighted by atomic mass is 10.1. The van der Waals surface area contributed by atoms with Crippen molar-refractivity contribution >= 4 is 17.4 Å². The number of nitrogens with one attached hydrogen (secondary N) is 2. The monoisotopic (exact) mass is 304 g/mol. The van der Waals surface area contributed by atoms with Crippen LogP contribution in [0.1, 0.15) is 29.3 Å². The van der Waals surface area contributed by atoms with Gasteiger partial charge in [-0.1, -0.05) is 18.2 Å². The Labute approximate surface area is 127 Å². The molecule has 1 unspecified atom stereocenters. The molecule has 1 heterocycles. The molecular formula is C16H17FN2OS. The Morgan fingerprint density at radius 1 is 1.29 bits per heavy atom. The normalized spacial score (nSPS) is 15.5. The molecule has 0 spiro atoms. The van der Waals surface area contributed by atoms with Gasteiger partial charge in [-0.05, 0) is 47.9 Å². The molecule has 0 radical (unpaired) electrons. The van der Waals surface area contributed by atoms with E-state index in [1.807, 2.05) is 17.5 Å². The quantitative estimate of drug-likeness (QED) is 0.869. The Balaban J connectivity index is 1.72. The molecule has 5 heteroatoms. The van der Waals surface area contributed by atoms with Gasteiger partial charge in [-0.15, -0.1) is 11.3 Å². The Hall–Kier alpha value is -1.88. The fraction of sp³-hybridized carbons (Fsp3) is 0.312. The predicted molar refractivity (Wildman–Crippen MR) is 81.8 cm³/mol. The van der Waals surface area contributed by atoms with Crippen molar-refractivity contribution in [2.24, 2.45) is 5.92 Å². The van der Waals surface area contributed by atoms with E-state index in [4.69, 9.17) is 0 Å². The molecular weight excluding hydrogens is 287 g/mol. The highest BCUT2D eigenvalue weighted by molar-refractivity contribution is 7.10. The van der Waals surface area contributed by atoms with Crippen LogP contribution in [0.5, 0.6) is 0 Å². The molecule has 1 aromatic carbocycles. The van der Waals surface area contributed by atoms with Crippen molar-refractivity contribution < 1.29 is 9.18 Å². The van der Waals surface area contributed by atoms with Gasteiger partial charge in [-0.2, -0.15) is 0 Å². The largest absolute Gasteiger partial charge is 0.338 e. The molecule has 2 aromatic rings. The Morgan fingerprint density at radius 3 is 2.67 bits per heavy atom. The van der Waals surface area contributed by atoms with Crippen LogP contribution in [-0.4, -0.2) is 12.6 Å². The second-order valence-electron chi connectivity index (χ2n) is 5.30. The fourth-order valence-corrected chi connectivity index (χ4v) is 2.97. The van der Waals surface area contributed by atoms with Crippen LogP contribution in [-0.2, 0) is 0 Å². The van der Waals surface area contributed by atoms with Crippen LogP contribution < -0.4 is 10.6 Å². The van der Waals surface area contributed by atoms with E-state index in [9.17, 15) is 9.18 Å². The maximum absolute atomic E-state index is 13.1. The third-order valence-electron chi connectivity index (χ3n) is 3.55. The van der Waals surface area contributed by atoms with Crippen molar-refractivity contribution in [2.45, 2.75) is 18.9 Å². The Kier molecular flexibility index (Phi) is 4.20. The number of benzene rings is 1. The van der Waals surface area contributed by atoms with E-state index < -0.39 is 0 Å². The zero-order valence-electron chi connectivity index (χ0n) is 11.5. The molecule has 0 bridgehead atoms. The molecule has 3 nitrogen and oxygen atoms in total. The van der Waals surface area contributed by atoms with Crippen LogP contribution >= 0.6 is 11.3 Å². The van der Waals surface area contributed by atoms with E-state index >= 15 is 0 Å². The van der Waals surface area contributed by atoms with Crippen molar-refractivity contribution in [3.63, 3.8) is 0 Å². The van der Waals surface area contributed by atoms with Crippen molar-refractivity contribution in [1.82, 2.24) is 10.6 Å². The van der Waals surface area contributed by atoms with E-state index in [0.29, 0.717) is 5.92 Å². The smallest absolute Gasteiger partial charge is 0.315 e. The summed E-state index contributed by atoms with van der Waals surface area (Å²) < 4.78 is 13.1. The van der Waals surface area contributed by atoms with Crippen molar-refractivity contribution in [1.29, 1.82) is 0 Å². The maximum atomic E-state index is 13.1. The van der Waals surface area contributed by atoms with E-state index in [-0.39, 0.29) is 17.9 Å².